The van der Waals surface area contributed by atoms with E-state index < -0.39 is 0 Å². The van der Waals surface area contributed by atoms with Crippen LogP contribution in [0.3, 0.4) is 0 Å². The van der Waals surface area contributed by atoms with Gasteiger partial charge in [-0.15, -0.1) is 5.10 Å². The third-order valence-electron chi connectivity index (χ3n) is 2.87. The van der Waals surface area contributed by atoms with Crippen molar-refractivity contribution in [3.8, 4) is 0 Å². The molecule has 0 spiro atoms. The van der Waals surface area contributed by atoms with Crippen molar-refractivity contribution < 1.29 is 9.59 Å². The van der Waals surface area contributed by atoms with Gasteiger partial charge in [0, 0.05) is 24.7 Å². The van der Waals surface area contributed by atoms with E-state index in [1.807, 2.05) is 13.8 Å². The van der Waals surface area contributed by atoms with E-state index in [4.69, 9.17) is 0 Å². The second kappa shape index (κ2) is 6.16. The van der Waals surface area contributed by atoms with Crippen molar-refractivity contribution >= 4 is 17.6 Å². The normalized spacial score (nSPS) is 10.4. The number of hydrogen-bond acceptors (Lipinski definition) is 5. The number of amides is 2. The summed E-state index contributed by atoms with van der Waals surface area (Å²) in [4.78, 5) is 23.9. The van der Waals surface area contributed by atoms with Gasteiger partial charge in [-0.25, -0.2) is 0 Å². The average molecular weight is 291 g/mol. The molecule has 0 unspecified atom stereocenters. The Kier molecular flexibility index (Phi) is 4.31. The first-order valence-electron chi connectivity index (χ1n) is 6.40. The van der Waals surface area contributed by atoms with Crippen LogP contribution in [-0.4, -0.2) is 37.0 Å². The molecule has 2 rings (SSSR count). The van der Waals surface area contributed by atoms with Crippen molar-refractivity contribution in [3.63, 3.8) is 0 Å². The summed E-state index contributed by atoms with van der Waals surface area (Å²) in [5, 5.41) is 20.1. The number of nitrogens with zero attached hydrogens (tertiary/aromatic N) is 4. The fourth-order valence-electron chi connectivity index (χ4n) is 1.82. The molecule has 0 fully saturated rings. The van der Waals surface area contributed by atoms with Gasteiger partial charge >= 0.3 is 0 Å². The van der Waals surface area contributed by atoms with Crippen molar-refractivity contribution in [1.29, 1.82) is 0 Å². The average Bonchev–Trinajstić information content (AvgIpc) is 2.95. The highest BCUT2D eigenvalue weighted by atomic mass is 16.2. The van der Waals surface area contributed by atoms with E-state index in [9.17, 15) is 9.59 Å². The molecule has 0 bridgehead atoms. The van der Waals surface area contributed by atoms with E-state index in [0.29, 0.717) is 12.4 Å². The fourth-order valence-corrected chi connectivity index (χ4v) is 1.82. The number of aromatic nitrogens is 5. The highest BCUT2D eigenvalue weighted by molar-refractivity contribution is 5.87. The maximum absolute atomic E-state index is 11.8. The minimum atomic E-state index is -0.239. The Hall–Kier alpha value is -2.71. The van der Waals surface area contributed by atoms with Crippen LogP contribution in [0, 0.1) is 13.8 Å². The molecule has 2 heterocycles. The predicted octanol–water partition coefficient (Wildman–Crippen LogP) is -0.107. The van der Waals surface area contributed by atoms with Crippen LogP contribution in [-0.2, 0) is 22.7 Å². The molecule has 9 heteroatoms. The highest BCUT2D eigenvalue weighted by Crippen LogP contribution is 2.08. The maximum Gasteiger partial charge on any atom is 0.243 e. The number of aromatic amines is 1. The third kappa shape index (κ3) is 3.88. The van der Waals surface area contributed by atoms with Crippen molar-refractivity contribution in [2.75, 3.05) is 5.32 Å². The van der Waals surface area contributed by atoms with Gasteiger partial charge in [-0.05, 0) is 13.8 Å². The topological polar surface area (TPSA) is 118 Å². The quantitative estimate of drug-likeness (QED) is 0.710. The lowest BCUT2D eigenvalue weighted by Crippen LogP contribution is -2.28. The van der Waals surface area contributed by atoms with Gasteiger partial charge in [0.1, 0.15) is 6.54 Å². The molecule has 2 amide bonds. The lowest BCUT2D eigenvalue weighted by molar-refractivity contribution is -0.122. The largest absolute Gasteiger partial charge is 0.350 e. The minimum Gasteiger partial charge on any atom is -0.350 e. The Morgan fingerprint density at radius 2 is 2.14 bits per heavy atom. The summed E-state index contributed by atoms with van der Waals surface area (Å²) < 4.78 is 0. The molecule has 0 radical (unpaired) electrons. The molecule has 21 heavy (non-hydrogen) atoms. The summed E-state index contributed by atoms with van der Waals surface area (Å²) >= 11 is 0. The van der Waals surface area contributed by atoms with E-state index in [1.54, 1.807) is 0 Å². The van der Waals surface area contributed by atoms with Gasteiger partial charge in [-0.3, -0.25) is 14.7 Å². The van der Waals surface area contributed by atoms with Crippen molar-refractivity contribution in [2.45, 2.75) is 33.9 Å². The fraction of sp³-hybridized carbons (Fsp3) is 0.417. The van der Waals surface area contributed by atoms with Gasteiger partial charge in [-0.2, -0.15) is 15.0 Å². The molecule has 9 nitrogen and oxygen atoms in total. The number of H-pyrrole nitrogens is 1. The van der Waals surface area contributed by atoms with Gasteiger partial charge in [0.2, 0.25) is 11.8 Å². The van der Waals surface area contributed by atoms with E-state index >= 15 is 0 Å². The smallest absolute Gasteiger partial charge is 0.243 e. The number of anilines is 1. The zero-order valence-corrected chi connectivity index (χ0v) is 12.1. The van der Waals surface area contributed by atoms with Crippen molar-refractivity contribution in [1.82, 2.24) is 30.5 Å². The second-order valence-corrected chi connectivity index (χ2v) is 4.63. The first-order valence-corrected chi connectivity index (χ1v) is 6.40. The van der Waals surface area contributed by atoms with Gasteiger partial charge < -0.3 is 10.6 Å². The van der Waals surface area contributed by atoms with Crippen LogP contribution in [0.1, 0.15) is 23.9 Å². The zero-order chi connectivity index (χ0) is 15.4. The monoisotopic (exact) mass is 291 g/mol. The molecule has 112 valence electrons. The van der Waals surface area contributed by atoms with Crippen molar-refractivity contribution in [2.24, 2.45) is 0 Å². The maximum atomic E-state index is 11.8. The van der Waals surface area contributed by atoms with E-state index in [0.717, 1.165) is 17.0 Å². The summed E-state index contributed by atoms with van der Waals surface area (Å²) in [7, 11) is 0. The van der Waals surface area contributed by atoms with E-state index in [1.165, 1.54) is 17.9 Å². The van der Waals surface area contributed by atoms with E-state index in [-0.39, 0.29) is 18.4 Å². The molecule has 2 aromatic heterocycles. The van der Waals surface area contributed by atoms with Gasteiger partial charge in [0.05, 0.1) is 11.9 Å². The van der Waals surface area contributed by atoms with Crippen molar-refractivity contribution in [3.05, 3.63) is 23.1 Å². The predicted molar refractivity (Wildman–Crippen MR) is 74.2 cm³/mol. The number of carbonyl (C=O) groups excluding carboxylic acids is 2. The molecule has 3 N–H and O–H groups in total. The molecule has 0 aromatic carbocycles. The summed E-state index contributed by atoms with van der Waals surface area (Å²) in [6.07, 6.45) is 1.39. The molecule has 2 aromatic rings. The zero-order valence-electron chi connectivity index (χ0n) is 12.1. The van der Waals surface area contributed by atoms with E-state index in [2.05, 4.69) is 31.0 Å². The summed E-state index contributed by atoms with van der Waals surface area (Å²) in [6, 6.07) is 0. The Morgan fingerprint density at radius 1 is 1.38 bits per heavy atom. The third-order valence-corrected chi connectivity index (χ3v) is 2.87. The molecular formula is C12H17N7O2. The lowest BCUT2D eigenvalue weighted by atomic mass is 10.2. The molecule has 0 saturated carbocycles. The van der Waals surface area contributed by atoms with Gasteiger partial charge in [0.25, 0.3) is 0 Å². The summed E-state index contributed by atoms with van der Waals surface area (Å²) in [5.41, 5.74) is 2.76. The number of nitrogens with one attached hydrogen (secondary N) is 3. The van der Waals surface area contributed by atoms with Gasteiger partial charge in [0.15, 0.2) is 5.82 Å². The number of aryl methyl sites for hydroxylation is 2. The number of hydrogen-bond donors (Lipinski definition) is 3. The Balaban J connectivity index is 1.87. The molecule has 0 aliphatic heterocycles. The van der Waals surface area contributed by atoms with Crippen LogP contribution in [0.25, 0.3) is 0 Å². The number of carbonyl (C=O) groups is 2. The highest BCUT2D eigenvalue weighted by Gasteiger charge is 2.10. The molecule has 0 aliphatic carbocycles. The van der Waals surface area contributed by atoms with Gasteiger partial charge in [-0.1, -0.05) is 0 Å². The van der Waals surface area contributed by atoms with Crippen LogP contribution in [0.2, 0.25) is 0 Å². The first kappa shape index (κ1) is 14.7. The van der Waals surface area contributed by atoms with Crippen LogP contribution >= 0.6 is 0 Å². The molecule has 0 aliphatic rings. The Morgan fingerprint density at radius 3 is 2.76 bits per heavy atom. The number of rotatable bonds is 5. The lowest BCUT2D eigenvalue weighted by Gasteiger charge is -2.05. The van der Waals surface area contributed by atoms with Crippen LogP contribution < -0.4 is 10.6 Å². The van der Waals surface area contributed by atoms with Crippen LogP contribution in [0.4, 0.5) is 5.82 Å². The first-order chi connectivity index (χ1) is 9.95. The Bertz CT molecular complexity index is 639. The SMILES string of the molecule is CC(=O)Nc1cnn(CC(=O)NCc2c(C)n[nH]c2C)n1. The molecule has 0 atom stereocenters. The molecule has 0 saturated heterocycles. The second-order valence-electron chi connectivity index (χ2n) is 4.63. The summed E-state index contributed by atoms with van der Waals surface area (Å²) in [5.74, 6) is -0.144. The standard InChI is InChI=1S/C12H17N7O2/c1-7-10(8(2)17-16-7)4-13-12(21)6-19-14-5-11(18-19)15-9(3)20/h5H,4,6H2,1-3H3,(H,13,21)(H,16,17)(H,15,18,20). The van der Waals surface area contributed by atoms with Crippen LogP contribution in [0.15, 0.2) is 6.20 Å². The van der Waals surface area contributed by atoms with Crippen LogP contribution in [0.5, 0.6) is 0 Å². The Labute approximate surface area is 121 Å². The molecular weight excluding hydrogens is 274 g/mol. The summed E-state index contributed by atoms with van der Waals surface area (Å²) in [6.45, 7) is 5.53. The minimum absolute atomic E-state index is 0.0183.